The Balaban J connectivity index is 1.61. The van der Waals surface area contributed by atoms with Crippen molar-refractivity contribution in [3.8, 4) is 0 Å². The normalized spacial score (nSPS) is 22.5. The second kappa shape index (κ2) is 10.7. The number of alkyl halides is 1. The van der Waals surface area contributed by atoms with E-state index in [1.54, 1.807) is 6.07 Å². The minimum Gasteiger partial charge on any atom is -0.388 e. The van der Waals surface area contributed by atoms with Gasteiger partial charge in [-0.05, 0) is 79.2 Å². The highest BCUT2D eigenvalue weighted by Gasteiger charge is 2.36. The molecule has 0 aliphatic heterocycles. The number of aliphatic hydroxyl groups excluding tert-OH is 1. The van der Waals surface area contributed by atoms with Crippen molar-refractivity contribution in [1.82, 2.24) is 0 Å². The van der Waals surface area contributed by atoms with Crippen LogP contribution in [0.25, 0.3) is 0 Å². The third-order valence-corrected chi connectivity index (χ3v) is 7.36. The smallest absolute Gasteiger partial charge is 0.294 e. The van der Waals surface area contributed by atoms with Gasteiger partial charge >= 0.3 is 0 Å². The lowest BCUT2D eigenvalue weighted by atomic mass is 9.84. The average Bonchev–Trinajstić information content (AvgIpc) is 3.12. The Labute approximate surface area is 185 Å². The summed E-state index contributed by atoms with van der Waals surface area (Å²) in [5.74, 6) is 0.113. The third kappa shape index (κ3) is 6.37. The first kappa shape index (κ1) is 23.9. The van der Waals surface area contributed by atoms with Crippen molar-refractivity contribution < 1.29 is 22.5 Å². The standard InChI is InChI=1S/C25H33FO4S/c1-2-3-10-25(27)20-13-11-19(12-14-20)22-15-16-24(26)23(22)9-5-7-18-6-4-8-21(17-18)31(28,29)30/h4,6,8,11-14,17,22-25,27H,2-3,5,7,9-10,15-16H2,1H3,(H,28,29,30). The quantitative estimate of drug-likeness (QED) is 0.436. The molecule has 0 saturated heterocycles. The molecular weight excluding hydrogens is 415 g/mol. The molecule has 1 aliphatic rings. The molecule has 6 heteroatoms. The Morgan fingerprint density at radius 1 is 1.10 bits per heavy atom. The van der Waals surface area contributed by atoms with Crippen LogP contribution < -0.4 is 0 Å². The highest BCUT2D eigenvalue weighted by atomic mass is 32.2. The molecule has 1 aliphatic carbocycles. The van der Waals surface area contributed by atoms with E-state index >= 15 is 0 Å². The van der Waals surface area contributed by atoms with Crippen molar-refractivity contribution in [3.63, 3.8) is 0 Å². The minimum absolute atomic E-state index is 0.0550. The van der Waals surface area contributed by atoms with Crippen LogP contribution in [0, 0.1) is 5.92 Å². The summed E-state index contributed by atoms with van der Waals surface area (Å²) >= 11 is 0. The second-order valence-electron chi connectivity index (χ2n) is 8.70. The number of benzene rings is 2. The average molecular weight is 449 g/mol. The van der Waals surface area contributed by atoms with Crippen LogP contribution in [0.5, 0.6) is 0 Å². The summed E-state index contributed by atoms with van der Waals surface area (Å²) in [6, 6.07) is 14.3. The van der Waals surface area contributed by atoms with Crippen molar-refractivity contribution in [2.24, 2.45) is 5.92 Å². The number of hydrogen-bond acceptors (Lipinski definition) is 3. The van der Waals surface area contributed by atoms with Crippen molar-refractivity contribution in [2.75, 3.05) is 0 Å². The van der Waals surface area contributed by atoms with Crippen LogP contribution in [0.3, 0.4) is 0 Å². The van der Waals surface area contributed by atoms with Gasteiger partial charge in [-0.25, -0.2) is 4.39 Å². The van der Waals surface area contributed by atoms with Gasteiger partial charge in [0.05, 0.1) is 11.0 Å². The second-order valence-corrected chi connectivity index (χ2v) is 10.1. The van der Waals surface area contributed by atoms with Crippen LogP contribution >= 0.6 is 0 Å². The van der Waals surface area contributed by atoms with Gasteiger partial charge in [0.25, 0.3) is 10.1 Å². The zero-order valence-corrected chi connectivity index (χ0v) is 18.9. The zero-order valence-electron chi connectivity index (χ0n) is 18.1. The molecule has 4 nitrogen and oxygen atoms in total. The summed E-state index contributed by atoms with van der Waals surface area (Å²) in [5.41, 5.74) is 2.87. The van der Waals surface area contributed by atoms with Gasteiger partial charge in [0.1, 0.15) is 6.17 Å². The summed E-state index contributed by atoms with van der Waals surface area (Å²) in [7, 11) is -4.21. The Morgan fingerprint density at radius 3 is 2.52 bits per heavy atom. The summed E-state index contributed by atoms with van der Waals surface area (Å²) < 4.78 is 46.5. The van der Waals surface area contributed by atoms with Crippen molar-refractivity contribution in [3.05, 3.63) is 65.2 Å². The largest absolute Gasteiger partial charge is 0.388 e. The highest BCUT2D eigenvalue weighted by Crippen LogP contribution is 2.44. The van der Waals surface area contributed by atoms with Gasteiger partial charge in [-0.2, -0.15) is 8.42 Å². The number of rotatable bonds is 10. The number of aryl methyl sites for hydroxylation is 1. The maximum absolute atomic E-state index is 14.7. The molecule has 31 heavy (non-hydrogen) atoms. The fourth-order valence-corrected chi connectivity index (χ4v) is 5.30. The Kier molecular flexibility index (Phi) is 8.25. The molecule has 0 amide bonds. The Hall–Kier alpha value is -1.76. The van der Waals surface area contributed by atoms with E-state index in [0.717, 1.165) is 55.2 Å². The van der Waals surface area contributed by atoms with E-state index in [1.165, 1.54) is 12.1 Å². The molecular formula is C25H33FO4S. The van der Waals surface area contributed by atoms with Gasteiger partial charge in [0, 0.05) is 0 Å². The first-order valence-electron chi connectivity index (χ1n) is 11.3. The van der Waals surface area contributed by atoms with E-state index in [1.807, 2.05) is 30.3 Å². The molecule has 0 radical (unpaired) electrons. The lowest BCUT2D eigenvalue weighted by Crippen LogP contribution is -2.15. The third-order valence-electron chi connectivity index (χ3n) is 6.51. The van der Waals surface area contributed by atoms with E-state index in [2.05, 4.69) is 6.92 Å². The van der Waals surface area contributed by atoms with Gasteiger partial charge < -0.3 is 5.11 Å². The van der Waals surface area contributed by atoms with E-state index < -0.39 is 22.4 Å². The predicted octanol–water partition coefficient (Wildman–Crippen LogP) is 6.01. The van der Waals surface area contributed by atoms with Crippen molar-refractivity contribution in [1.29, 1.82) is 0 Å². The summed E-state index contributed by atoms with van der Waals surface area (Å²) in [4.78, 5) is -0.103. The number of aliphatic hydroxyl groups is 1. The van der Waals surface area contributed by atoms with Crippen LogP contribution in [-0.2, 0) is 16.5 Å². The van der Waals surface area contributed by atoms with Crippen molar-refractivity contribution >= 4 is 10.1 Å². The van der Waals surface area contributed by atoms with Crippen LogP contribution in [0.2, 0.25) is 0 Å². The zero-order chi connectivity index (χ0) is 22.4. The topological polar surface area (TPSA) is 74.6 Å². The van der Waals surface area contributed by atoms with Crippen LogP contribution in [-0.4, -0.2) is 24.2 Å². The molecule has 3 rings (SSSR count). The lowest BCUT2D eigenvalue weighted by molar-refractivity contribution is 0.164. The van der Waals surface area contributed by atoms with Crippen LogP contribution in [0.15, 0.2) is 53.4 Å². The molecule has 4 unspecified atom stereocenters. The highest BCUT2D eigenvalue weighted by molar-refractivity contribution is 7.85. The van der Waals surface area contributed by atoms with Gasteiger partial charge in [0.15, 0.2) is 0 Å². The fourth-order valence-electron chi connectivity index (χ4n) is 4.75. The number of hydrogen-bond donors (Lipinski definition) is 2. The van der Waals surface area contributed by atoms with Gasteiger partial charge in [-0.3, -0.25) is 4.55 Å². The Bertz CT molecular complexity index is 942. The molecule has 4 atom stereocenters. The van der Waals surface area contributed by atoms with Gasteiger partial charge in [-0.15, -0.1) is 0 Å². The number of halogens is 1. The first-order chi connectivity index (χ1) is 14.8. The molecule has 2 N–H and O–H groups in total. The van der Waals surface area contributed by atoms with E-state index in [0.29, 0.717) is 12.8 Å². The molecule has 170 valence electrons. The monoisotopic (exact) mass is 448 g/mol. The molecule has 0 aromatic heterocycles. The fraction of sp³-hybridized carbons (Fsp3) is 0.520. The van der Waals surface area contributed by atoms with Gasteiger partial charge in [-0.1, -0.05) is 56.2 Å². The van der Waals surface area contributed by atoms with E-state index in [4.69, 9.17) is 0 Å². The first-order valence-corrected chi connectivity index (χ1v) is 12.7. The number of unbranched alkanes of at least 4 members (excludes halogenated alkanes) is 1. The van der Waals surface area contributed by atoms with Crippen LogP contribution in [0.4, 0.5) is 4.39 Å². The SMILES string of the molecule is CCCCC(O)c1ccc(C2CCC(F)C2CCCc2cccc(S(=O)(=O)O)c2)cc1. The molecule has 1 saturated carbocycles. The minimum atomic E-state index is -4.21. The van der Waals surface area contributed by atoms with Gasteiger partial charge in [0.2, 0.25) is 0 Å². The lowest BCUT2D eigenvalue weighted by Gasteiger charge is -2.22. The van der Waals surface area contributed by atoms with E-state index in [9.17, 15) is 22.5 Å². The molecule has 1 fully saturated rings. The summed E-state index contributed by atoms with van der Waals surface area (Å²) in [6.45, 7) is 2.11. The Morgan fingerprint density at radius 2 is 1.84 bits per heavy atom. The molecule has 2 aromatic rings. The maximum atomic E-state index is 14.7. The summed E-state index contributed by atoms with van der Waals surface area (Å²) in [5, 5.41) is 10.3. The molecule has 0 bridgehead atoms. The maximum Gasteiger partial charge on any atom is 0.294 e. The molecule has 2 aromatic carbocycles. The summed E-state index contributed by atoms with van der Waals surface area (Å²) in [6.07, 6.45) is 5.03. The van der Waals surface area contributed by atoms with Crippen molar-refractivity contribution in [2.45, 2.75) is 81.4 Å². The van der Waals surface area contributed by atoms with Crippen LogP contribution in [0.1, 0.15) is 80.6 Å². The molecule has 0 heterocycles. The van der Waals surface area contributed by atoms with E-state index in [-0.39, 0.29) is 16.7 Å². The molecule has 0 spiro atoms. The predicted molar refractivity (Wildman–Crippen MR) is 120 cm³/mol.